The van der Waals surface area contributed by atoms with Gasteiger partial charge in [0, 0.05) is 36.1 Å². The predicted octanol–water partition coefficient (Wildman–Crippen LogP) is 5.03. The Labute approximate surface area is 210 Å². The van der Waals surface area contributed by atoms with Crippen molar-refractivity contribution in [2.75, 3.05) is 10.2 Å². The van der Waals surface area contributed by atoms with Crippen LogP contribution in [0.25, 0.3) is 0 Å². The van der Waals surface area contributed by atoms with Crippen LogP contribution in [0.1, 0.15) is 56.3 Å². The van der Waals surface area contributed by atoms with Gasteiger partial charge in [0.2, 0.25) is 17.7 Å². The van der Waals surface area contributed by atoms with Crippen LogP contribution in [0.2, 0.25) is 0 Å². The third-order valence-corrected chi connectivity index (χ3v) is 6.16. The number of nitrogens with one attached hydrogen (secondary N) is 2. The van der Waals surface area contributed by atoms with E-state index >= 15 is 0 Å². The fourth-order valence-corrected chi connectivity index (χ4v) is 4.21. The molecule has 0 bridgehead atoms. The lowest BCUT2D eigenvalue weighted by Crippen LogP contribution is -2.46. The van der Waals surface area contributed by atoms with Crippen molar-refractivity contribution in [3.05, 3.63) is 76.8 Å². The number of benzene rings is 2. The topological polar surface area (TPSA) is 91.4 Å². The second-order valence-corrected chi connectivity index (χ2v) is 9.54. The summed E-state index contributed by atoms with van der Waals surface area (Å²) in [6.07, 6.45) is 2.39. The zero-order valence-electron chi connectivity index (χ0n) is 20.6. The van der Waals surface area contributed by atoms with Gasteiger partial charge in [-0.3, -0.25) is 19.3 Å². The van der Waals surface area contributed by atoms with E-state index in [1.807, 2.05) is 69.3 Å². The highest BCUT2D eigenvalue weighted by Gasteiger charge is 2.33. The van der Waals surface area contributed by atoms with Gasteiger partial charge < -0.3 is 10.6 Å². The average Bonchev–Trinajstić information content (AvgIpc) is 3.34. The van der Waals surface area contributed by atoms with E-state index in [2.05, 4.69) is 22.5 Å². The molecule has 3 amide bonds. The number of hydrogen-bond donors (Lipinski definition) is 2. The molecule has 0 saturated heterocycles. The summed E-state index contributed by atoms with van der Waals surface area (Å²) in [6.45, 7) is 7.80. The van der Waals surface area contributed by atoms with Gasteiger partial charge in [-0.2, -0.15) is 0 Å². The van der Waals surface area contributed by atoms with Crippen LogP contribution < -0.4 is 15.5 Å². The zero-order valence-corrected chi connectivity index (χ0v) is 21.4. The van der Waals surface area contributed by atoms with E-state index in [1.165, 1.54) is 16.2 Å². The fourth-order valence-electron chi connectivity index (χ4n) is 3.67. The maximum atomic E-state index is 13.6. The van der Waals surface area contributed by atoms with E-state index in [0.717, 1.165) is 17.5 Å². The van der Waals surface area contributed by atoms with E-state index < -0.39 is 6.04 Å². The normalized spacial score (nSPS) is 11.7. The van der Waals surface area contributed by atoms with Crippen molar-refractivity contribution in [3.63, 3.8) is 0 Å². The number of rotatable bonds is 10. The zero-order chi connectivity index (χ0) is 25.4. The molecule has 0 unspecified atom stereocenters. The molecule has 1 heterocycles. The van der Waals surface area contributed by atoms with Crippen LogP contribution in [-0.4, -0.2) is 28.7 Å². The van der Waals surface area contributed by atoms with Crippen LogP contribution >= 0.6 is 11.3 Å². The van der Waals surface area contributed by atoms with Gasteiger partial charge in [-0.1, -0.05) is 48.9 Å². The van der Waals surface area contributed by atoms with Crippen molar-refractivity contribution in [3.8, 4) is 0 Å². The summed E-state index contributed by atoms with van der Waals surface area (Å²) >= 11 is 1.31. The Morgan fingerprint density at radius 2 is 1.69 bits per heavy atom. The second kappa shape index (κ2) is 12.3. The highest BCUT2D eigenvalue weighted by Crippen LogP contribution is 2.30. The van der Waals surface area contributed by atoms with Crippen molar-refractivity contribution in [1.82, 2.24) is 10.3 Å². The van der Waals surface area contributed by atoms with E-state index in [1.54, 1.807) is 11.6 Å². The van der Waals surface area contributed by atoms with Gasteiger partial charge in [0.15, 0.2) is 5.13 Å². The number of thiazole rings is 1. The average molecular weight is 493 g/mol. The monoisotopic (exact) mass is 492 g/mol. The molecule has 3 rings (SSSR count). The standard InChI is InChI=1S/C27H32N4O3S/c1-5-20-8-12-22(13-9-20)31(24(33)15-14-23(32)30-27-28-16-17-35-27)25(26(34)29-18(2)3)21-10-6-19(4)7-11-21/h6-13,16-18,25H,5,14-15H2,1-4H3,(H,29,34)(H,28,30,32)/t25-/m0/s1. The lowest BCUT2D eigenvalue weighted by molar-refractivity contribution is -0.127. The lowest BCUT2D eigenvalue weighted by Gasteiger charge is -2.32. The number of carbonyl (C=O) groups excluding carboxylic acids is 3. The number of anilines is 2. The summed E-state index contributed by atoms with van der Waals surface area (Å²) in [4.78, 5) is 45.0. The first-order valence-electron chi connectivity index (χ1n) is 11.8. The first-order chi connectivity index (χ1) is 16.8. The first-order valence-corrected chi connectivity index (χ1v) is 12.6. The molecule has 0 aliphatic heterocycles. The number of hydrogen-bond acceptors (Lipinski definition) is 5. The van der Waals surface area contributed by atoms with Crippen LogP contribution in [-0.2, 0) is 20.8 Å². The molecular weight excluding hydrogens is 460 g/mol. The summed E-state index contributed by atoms with van der Waals surface area (Å²) in [5.41, 5.74) is 3.49. The molecule has 8 heteroatoms. The third kappa shape index (κ3) is 7.23. The molecule has 1 atom stereocenters. The highest BCUT2D eigenvalue weighted by atomic mass is 32.1. The second-order valence-electron chi connectivity index (χ2n) is 8.65. The van der Waals surface area contributed by atoms with E-state index in [9.17, 15) is 14.4 Å². The lowest BCUT2D eigenvalue weighted by atomic mass is 10.00. The van der Waals surface area contributed by atoms with Gasteiger partial charge in [0.25, 0.3) is 0 Å². The molecule has 3 aromatic rings. The molecule has 0 saturated carbocycles. The Hall–Kier alpha value is -3.52. The molecule has 2 aromatic carbocycles. The maximum absolute atomic E-state index is 13.6. The first kappa shape index (κ1) is 26.1. The molecule has 0 aliphatic carbocycles. The van der Waals surface area contributed by atoms with Gasteiger partial charge in [-0.15, -0.1) is 11.3 Å². The molecule has 35 heavy (non-hydrogen) atoms. The van der Waals surface area contributed by atoms with E-state index in [0.29, 0.717) is 16.4 Å². The Morgan fingerprint density at radius 1 is 1.00 bits per heavy atom. The van der Waals surface area contributed by atoms with Gasteiger partial charge in [0.05, 0.1) is 0 Å². The van der Waals surface area contributed by atoms with Crippen molar-refractivity contribution in [2.45, 2.75) is 59.0 Å². The highest BCUT2D eigenvalue weighted by molar-refractivity contribution is 7.13. The molecule has 7 nitrogen and oxygen atoms in total. The smallest absolute Gasteiger partial charge is 0.248 e. The number of aromatic nitrogens is 1. The summed E-state index contributed by atoms with van der Waals surface area (Å²) in [7, 11) is 0. The van der Waals surface area contributed by atoms with Crippen molar-refractivity contribution in [1.29, 1.82) is 0 Å². The molecule has 2 N–H and O–H groups in total. The van der Waals surface area contributed by atoms with Gasteiger partial charge in [-0.25, -0.2) is 4.98 Å². The Balaban J connectivity index is 1.94. The van der Waals surface area contributed by atoms with Crippen molar-refractivity contribution >= 4 is 39.9 Å². The molecule has 0 spiro atoms. The van der Waals surface area contributed by atoms with E-state index in [-0.39, 0.29) is 36.6 Å². The minimum absolute atomic E-state index is 0.0195. The summed E-state index contributed by atoms with van der Waals surface area (Å²) in [5, 5.41) is 7.92. The van der Waals surface area contributed by atoms with Gasteiger partial charge in [0.1, 0.15) is 6.04 Å². The Kier molecular flexibility index (Phi) is 9.14. The van der Waals surface area contributed by atoms with Crippen LogP contribution in [0.4, 0.5) is 10.8 Å². The fraction of sp³-hybridized carbons (Fsp3) is 0.333. The Morgan fingerprint density at radius 3 is 2.26 bits per heavy atom. The number of nitrogens with zero attached hydrogens (tertiary/aromatic N) is 2. The SMILES string of the molecule is CCc1ccc(N(C(=O)CCC(=O)Nc2nccs2)[C@H](C(=O)NC(C)C)c2ccc(C)cc2)cc1. The van der Waals surface area contributed by atoms with Crippen molar-refractivity contribution < 1.29 is 14.4 Å². The molecule has 0 radical (unpaired) electrons. The maximum Gasteiger partial charge on any atom is 0.248 e. The van der Waals surface area contributed by atoms with Crippen LogP contribution in [0, 0.1) is 6.92 Å². The number of carbonyl (C=O) groups is 3. The number of aryl methyl sites for hydroxylation is 2. The summed E-state index contributed by atoms with van der Waals surface area (Å²) in [6, 6.07) is 14.2. The van der Waals surface area contributed by atoms with Gasteiger partial charge >= 0.3 is 0 Å². The minimum Gasteiger partial charge on any atom is -0.352 e. The summed E-state index contributed by atoms with van der Waals surface area (Å²) < 4.78 is 0. The van der Waals surface area contributed by atoms with Crippen LogP contribution in [0.5, 0.6) is 0 Å². The summed E-state index contributed by atoms with van der Waals surface area (Å²) in [5.74, 6) is -0.884. The molecule has 184 valence electrons. The molecule has 0 fully saturated rings. The largest absolute Gasteiger partial charge is 0.352 e. The predicted molar refractivity (Wildman–Crippen MR) is 140 cm³/mol. The Bertz CT molecular complexity index is 1130. The molecular formula is C27H32N4O3S. The third-order valence-electron chi connectivity index (χ3n) is 5.47. The number of amides is 3. The van der Waals surface area contributed by atoms with Crippen LogP contribution in [0.3, 0.4) is 0 Å². The molecule has 0 aliphatic rings. The molecule has 1 aromatic heterocycles. The van der Waals surface area contributed by atoms with Crippen LogP contribution in [0.15, 0.2) is 60.1 Å². The van der Waals surface area contributed by atoms with E-state index in [4.69, 9.17) is 0 Å². The van der Waals surface area contributed by atoms with Crippen molar-refractivity contribution in [2.24, 2.45) is 0 Å². The quantitative estimate of drug-likeness (QED) is 0.415. The van der Waals surface area contributed by atoms with Gasteiger partial charge in [-0.05, 0) is 50.5 Å². The minimum atomic E-state index is -0.875.